The van der Waals surface area contributed by atoms with Crippen molar-refractivity contribution in [1.82, 2.24) is 5.32 Å². The van der Waals surface area contributed by atoms with Crippen LogP contribution in [0.3, 0.4) is 0 Å². The van der Waals surface area contributed by atoms with E-state index < -0.39 is 0 Å². The van der Waals surface area contributed by atoms with Gasteiger partial charge in [0.25, 0.3) is 0 Å². The Morgan fingerprint density at radius 1 is 1.47 bits per heavy atom. The molecule has 1 unspecified atom stereocenters. The van der Waals surface area contributed by atoms with Gasteiger partial charge in [0.15, 0.2) is 0 Å². The predicted octanol–water partition coefficient (Wildman–Crippen LogP) is 1.61. The summed E-state index contributed by atoms with van der Waals surface area (Å²) in [4.78, 5) is 10.8. The second kappa shape index (κ2) is 4.31. The molecule has 0 aromatic heterocycles. The van der Waals surface area contributed by atoms with Crippen LogP contribution in [0, 0.1) is 0 Å². The van der Waals surface area contributed by atoms with Gasteiger partial charge in [0.05, 0.1) is 13.2 Å². The molecule has 0 aliphatic carbocycles. The minimum atomic E-state index is -0.346. The van der Waals surface area contributed by atoms with E-state index in [4.69, 9.17) is 9.47 Å². The van der Waals surface area contributed by atoms with E-state index in [0.29, 0.717) is 13.2 Å². The molecular weight excluding hydrogens is 194 g/mol. The van der Waals surface area contributed by atoms with Crippen molar-refractivity contribution in [3.8, 4) is 0 Å². The molecule has 1 aliphatic rings. The lowest BCUT2D eigenvalue weighted by Gasteiger charge is -2.08. The maximum absolute atomic E-state index is 10.8. The fourth-order valence-electron chi connectivity index (χ4n) is 1.57. The minimum absolute atomic E-state index is 0.158. The van der Waals surface area contributed by atoms with Gasteiger partial charge in [0, 0.05) is 7.11 Å². The Morgan fingerprint density at radius 2 is 2.20 bits per heavy atom. The number of methoxy groups -OCH3 is 1. The molecule has 1 heterocycles. The van der Waals surface area contributed by atoms with E-state index in [9.17, 15) is 4.79 Å². The monoisotopic (exact) mass is 207 g/mol. The van der Waals surface area contributed by atoms with Crippen molar-refractivity contribution in [1.29, 1.82) is 0 Å². The Balaban J connectivity index is 2.06. The van der Waals surface area contributed by atoms with Gasteiger partial charge in [-0.3, -0.25) is 0 Å². The van der Waals surface area contributed by atoms with Gasteiger partial charge in [-0.2, -0.15) is 0 Å². The Bertz CT molecular complexity index is 347. The highest BCUT2D eigenvalue weighted by Gasteiger charge is 2.23. The third kappa shape index (κ3) is 2.27. The van der Waals surface area contributed by atoms with E-state index in [0.717, 1.165) is 11.1 Å². The van der Waals surface area contributed by atoms with E-state index in [2.05, 4.69) is 5.32 Å². The molecule has 80 valence electrons. The van der Waals surface area contributed by atoms with E-state index in [-0.39, 0.29) is 12.2 Å². The molecule has 2 rings (SSSR count). The lowest BCUT2D eigenvalue weighted by molar-refractivity contribution is 0.141. The molecule has 1 fully saturated rings. The second-order valence-electron chi connectivity index (χ2n) is 3.45. The summed E-state index contributed by atoms with van der Waals surface area (Å²) in [5.41, 5.74) is 2.12. The van der Waals surface area contributed by atoms with Crippen molar-refractivity contribution >= 4 is 6.09 Å². The fraction of sp³-hybridized carbons (Fsp3) is 0.364. The van der Waals surface area contributed by atoms with Crippen molar-refractivity contribution in [2.75, 3.05) is 13.7 Å². The maximum atomic E-state index is 10.8. The Labute approximate surface area is 88.2 Å². The van der Waals surface area contributed by atoms with E-state index in [1.807, 2.05) is 24.3 Å². The lowest BCUT2D eigenvalue weighted by Crippen LogP contribution is -2.12. The molecule has 1 aliphatic heterocycles. The molecule has 0 spiro atoms. The summed E-state index contributed by atoms with van der Waals surface area (Å²) in [6.45, 7) is 1.14. The van der Waals surface area contributed by atoms with Crippen LogP contribution in [0.1, 0.15) is 17.2 Å². The van der Waals surface area contributed by atoms with Crippen LogP contribution in [0.15, 0.2) is 24.3 Å². The number of benzene rings is 1. The number of cyclic esters (lactones) is 1. The molecule has 4 nitrogen and oxygen atoms in total. The highest BCUT2D eigenvalue weighted by molar-refractivity contribution is 5.69. The summed E-state index contributed by atoms with van der Waals surface area (Å²) in [6, 6.07) is 7.87. The van der Waals surface area contributed by atoms with Crippen LogP contribution in [-0.2, 0) is 16.1 Å². The summed E-state index contributed by atoms with van der Waals surface area (Å²) >= 11 is 0. The number of carbonyl (C=O) groups is 1. The zero-order valence-electron chi connectivity index (χ0n) is 8.53. The zero-order chi connectivity index (χ0) is 10.7. The largest absolute Gasteiger partial charge is 0.439 e. The van der Waals surface area contributed by atoms with Crippen LogP contribution in [0.5, 0.6) is 0 Å². The number of carbonyl (C=O) groups excluding carboxylic acids is 1. The number of rotatable bonds is 3. The summed E-state index contributed by atoms with van der Waals surface area (Å²) in [7, 11) is 1.66. The van der Waals surface area contributed by atoms with Gasteiger partial charge in [0.2, 0.25) is 0 Å². The van der Waals surface area contributed by atoms with E-state index in [1.54, 1.807) is 7.11 Å². The molecule has 0 saturated carbocycles. The molecule has 0 bridgehead atoms. The van der Waals surface area contributed by atoms with Gasteiger partial charge in [-0.15, -0.1) is 0 Å². The average molecular weight is 207 g/mol. The summed E-state index contributed by atoms with van der Waals surface area (Å²) in [5.74, 6) is 0. The van der Waals surface area contributed by atoms with Crippen LogP contribution < -0.4 is 5.32 Å². The van der Waals surface area contributed by atoms with Gasteiger partial charge in [-0.1, -0.05) is 24.3 Å². The van der Waals surface area contributed by atoms with Crippen molar-refractivity contribution < 1.29 is 14.3 Å². The Morgan fingerprint density at radius 3 is 2.73 bits per heavy atom. The average Bonchev–Trinajstić information content (AvgIpc) is 2.67. The predicted molar refractivity (Wildman–Crippen MR) is 54.4 cm³/mol. The lowest BCUT2D eigenvalue weighted by atomic mass is 10.1. The molecule has 1 aromatic rings. The molecule has 1 saturated heterocycles. The van der Waals surface area contributed by atoms with Gasteiger partial charge in [0.1, 0.15) is 6.10 Å². The highest BCUT2D eigenvalue weighted by Crippen LogP contribution is 2.21. The number of amides is 1. The molecule has 1 atom stereocenters. The topological polar surface area (TPSA) is 47.6 Å². The Kier molecular flexibility index (Phi) is 2.87. The Hall–Kier alpha value is -1.55. The van der Waals surface area contributed by atoms with Crippen LogP contribution in [-0.4, -0.2) is 19.7 Å². The zero-order valence-corrected chi connectivity index (χ0v) is 8.53. The van der Waals surface area contributed by atoms with Crippen molar-refractivity contribution in [2.24, 2.45) is 0 Å². The van der Waals surface area contributed by atoms with Gasteiger partial charge < -0.3 is 14.8 Å². The van der Waals surface area contributed by atoms with Crippen molar-refractivity contribution in [3.63, 3.8) is 0 Å². The molecule has 15 heavy (non-hydrogen) atoms. The first-order valence-corrected chi connectivity index (χ1v) is 4.82. The third-order valence-corrected chi connectivity index (χ3v) is 2.34. The molecule has 0 radical (unpaired) electrons. The minimum Gasteiger partial charge on any atom is -0.439 e. The van der Waals surface area contributed by atoms with Crippen LogP contribution >= 0.6 is 0 Å². The standard InChI is InChI=1S/C11H13NO3/c1-14-7-8-2-4-9(5-3-8)10-6-12-11(13)15-10/h2-5,10H,6-7H2,1H3,(H,12,13). The normalized spacial score (nSPS) is 19.8. The smallest absolute Gasteiger partial charge is 0.407 e. The van der Waals surface area contributed by atoms with Gasteiger partial charge in [-0.05, 0) is 11.1 Å². The summed E-state index contributed by atoms with van der Waals surface area (Å²) in [6.07, 6.45) is -0.505. The number of nitrogens with one attached hydrogen (secondary N) is 1. The number of hydrogen-bond acceptors (Lipinski definition) is 3. The quantitative estimate of drug-likeness (QED) is 0.819. The van der Waals surface area contributed by atoms with Crippen molar-refractivity contribution in [3.05, 3.63) is 35.4 Å². The molecule has 4 heteroatoms. The molecule has 1 amide bonds. The van der Waals surface area contributed by atoms with Crippen LogP contribution in [0.2, 0.25) is 0 Å². The first-order valence-electron chi connectivity index (χ1n) is 4.82. The molecule has 1 N–H and O–H groups in total. The van der Waals surface area contributed by atoms with Crippen molar-refractivity contribution in [2.45, 2.75) is 12.7 Å². The third-order valence-electron chi connectivity index (χ3n) is 2.34. The molecule has 1 aromatic carbocycles. The van der Waals surface area contributed by atoms with E-state index >= 15 is 0 Å². The molecular formula is C11H13NO3. The maximum Gasteiger partial charge on any atom is 0.407 e. The SMILES string of the molecule is COCc1ccc(C2CNC(=O)O2)cc1. The summed E-state index contributed by atoms with van der Waals surface area (Å²) in [5, 5.41) is 2.62. The number of hydrogen-bond donors (Lipinski definition) is 1. The number of alkyl carbamates (subject to hydrolysis) is 1. The number of ether oxygens (including phenoxy) is 2. The van der Waals surface area contributed by atoms with Crippen LogP contribution in [0.25, 0.3) is 0 Å². The van der Waals surface area contributed by atoms with Crippen LogP contribution in [0.4, 0.5) is 4.79 Å². The fourth-order valence-corrected chi connectivity index (χ4v) is 1.57. The van der Waals surface area contributed by atoms with Gasteiger partial charge in [-0.25, -0.2) is 4.79 Å². The van der Waals surface area contributed by atoms with Gasteiger partial charge >= 0.3 is 6.09 Å². The first-order chi connectivity index (χ1) is 7.29. The second-order valence-corrected chi connectivity index (χ2v) is 3.45. The van der Waals surface area contributed by atoms with E-state index in [1.165, 1.54) is 0 Å². The first kappa shape index (κ1) is 9.98. The highest BCUT2D eigenvalue weighted by atomic mass is 16.6. The summed E-state index contributed by atoms with van der Waals surface area (Å²) < 4.78 is 10.1.